The summed E-state index contributed by atoms with van der Waals surface area (Å²) in [6.45, 7) is 3.15. The van der Waals surface area contributed by atoms with E-state index in [0.29, 0.717) is 0 Å². The third kappa shape index (κ3) is 3.46. The van der Waals surface area contributed by atoms with E-state index in [-0.39, 0.29) is 30.4 Å². The standard InChI is InChI=1S/C17H17F2N5O2/c1-9-5-20-21-6-11(9)10(2)22-15(25)8-24-7-12-14(23-17(24)26)4-3-13(18)16(12)19/h3-6,10H,7-8H2,1-2H3,(H,22,25)(H,23,26)/t10-/m1/s1. The van der Waals surface area contributed by atoms with Gasteiger partial charge in [-0.15, -0.1) is 0 Å². The number of carbonyl (C=O) groups excluding carboxylic acids is 2. The van der Waals surface area contributed by atoms with Crippen molar-refractivity contribution in [2.24, 2.45) is 0 Å². The van der Waals surface area contributed by atoms with E-state index in [4.69, 9.17) is 0 Å². The van der Waals surface area contributed by atoms with Crippen molar-refractivity contribution in [1.29, 1.82) is 0 Å². The molecule has 0 spiro atoms. The fourth-order valence-electron chi connectivity index (χ4n) is 2.83. The minimum absolute atomic E-state index is 0.0135. The van der Waals surface area contributed by atoms with Gasteiger partial charge < -0.3 is 15.5 Å². The van der Waals surface area contributed by atoms with Crippen molar-refractivity contribution < 1.29 is 18.4 Å². The summed E-state index contributed by atoms with van der Waals surface area (Å²) in [5.74, 6) is -2.46. The number of anilines is 1. The minimum Gasteiger partial charge on any atom is -0.348 e. The third-order valence-corrected chi connectivity index (χ3v) is 4.22. The van der Waals surface area contributed by atoms with Crippen LogP contribution in [0.4, 0.5) is 19.3 Å². The lowest BCUT2D eigenvalue weighted by atomic mass is 10.1. The monoisotopic (exact) mass is 361 g/mol. The van der Waals surface area contributed by atoms with Crippen LogP contribution < -0.4 is 10.6 Å². The molecule has 26 heavy (non-hydrogen) atoms. The number of benzene rings is 1. The molecule has 0 bridgehead atoms. The second-order valence-electron chi connectivity index (χ2n) is 6.09. The molecule has 0 radical (unpaired) electrons. The summed E-state index contributed by atoms with van der Waals surface area (Å²) in [5, 5.41) is 12.8. The number of nitrogens with one attached hydrogen (secondary N) is 2. The average Bonchev–Trinajstić information content (AvgIpc) is 2.60. The van der Waals surface area contributed by atoms with Gasteiger partial charge in [0.15, 0.2) is 11.6 Å². The Hall–Kier alpha value is -3.10. The van der Waals surface area contributed by atoms with Crippen molar-refractivity contribution in [3.05, 3.63) is 52.9 Å². The van der Waals surface area contributed by atoms with Gasteiger partial charge in [-0.2, -0.15) is 10.2 Å². The predicted octanol–water partition coefficient (Wildman–Crippen LogP) is 2.29. The van der Waals surface area contributed by atoms with Crippen LogP contribution in [0.5, 0.6) is 0 Å². The highest BCUT2D eigenvalue weighted by molar-refractivity contribution is 5.94. The summed E-state index contributed by atoms with van der Waals surface area (Å²) in [6.07, 6.45) is 3.15. The molecule has 3 rings (SSSR count). The summed E-state index contributed by atoms with van der Waals surface area (Å²) in [7, 11) is 0. The Balaban J connectivity index is 1.69. The Bertz CT molecular complexity index is 874. The molecule has 1 aliphatic rings. The van der Waals surface area contributed by atoms with E-state index < -0.39 is 23.6 Å². The van der Waals surface area contributed by atoms with Gasteiger partial charge in [0.25, 0.3) is 0 Å². The highest BCUT2D eigenvalue weighted by Gasteiger charge is 2.28. The number of hydrogen-bond donors (Lipinski definition) is 2. The van der Waals surface area contributed by atoms with Crippen LogP contribution in [-0.4, -0.2) is 33.6 Å². The SMILES string of the molecule is Cc1cnncc1[C@@H](C)NC(=O)CN1Cc2c(ccc(F)c2F)NC1=O. The zero-order valence-electron chi connectivity index (χ0n) is 14.2. The van der Waals surface area contributed by atoms with Gasteiger partial charge in [-0.25, -0.2) is 13.6 Å². The zero-order valence-corrected chi connectivity index (χ0v) is 14.2. The molecule has 1 atom stereocenters. The molecular weight excluding hydrogens is 344 g/mol. The van der Waals surface area contributed by atoms with Crippen LogP contribution in [0.25, 0.3) is 0 Å². The van der Waals surface area contributed by atoms with E-state index in [1.807, 2.05) is 6.92 Å². The van der Waals surface area contributed by atoms with Crippen LogP contribution in [0.15, 0.2) is 24.5 Å². The average molecular weight is 361 g/mol. The summed E-state index contributed by atoms with van der Waals surface area (Å²) in [5.41, 5.74) is 1.89. The van der Waals surface area contributed by atoms with Crippen LogP contribution in [0.1, 0.15) is 29.7 Å². The molecule has 136 valence electrons. The first kappa shape index (κ1) is 17.7. The van der Waals surface area contributed by atoms with E-state index in [1.54, 1.807) is 19.3 Å². The van der Waals surface area contributed by atoms with Gasteiger partial charge in [-0.3, -0.25) is 4.79 Å². The number of halogens is 2. The molecule has 0 unspecified atom stereocenters. The molecule has 1 aromatic carbocycles. The number of carbonyl (C=O) groups is 2. The van der Waals surface area contributed by atoms with Crippen molar-refractivity contribution in [2.45, 2.75) is 26.4 Å². The molecule has 0 aliphatic carbocycles. The topological polar surface area (TPSA) is 87.2 Å². The molecule has 0 fully saturated rings. The third-order valence-electron chi connectivity index (χ3n) is 4.22. The number of aryl methyl sites for hydroxylation is 1. The second kappa shape index (κ2) is 7.03. The first-order valence-electron chi connectivity index (χ1n) is 7.96. The quantitative estimate of drug-likeness (QED) is 0.875. The largest absolute Gasteiger partial charge is 0.348 e. The van der Waals surface area contributed by atoms with E-state index in [1.165, 1.54) is 6.07 Å². The van der Waals surface area contributed by atoms with Crippen molar-refractivity contribution in [3.63, 3.8) is 0 Å². The molecule has 2 heterocycles. The van der Waals surface area contributed by atoms with Crippen molar-refractivity contribution in [3.8, 4) is 0 Å². The first-order valence-corrected chi connectivity index (χ1v) is 7.96. The Morgan fingerprint density at radius 1 is 1.35 bits per heavy atom. The van der Waals surface area contributed by atoms with Gasteiger partial charge in [-0.05, 0) is 37.1 Å². The number of rotatable bonds is 4. The highest BCUT2D eigenvalue weighted by Crippen LogP contribution is 2.27. The molecular formula is C17H17F2N5O2. The maximum Gasteiger partial charge on any atom is 0.322 e. The summed E-state index contributed by atoms with van der Waals surface area (Å²) < 4.78 is 27.3. The minimum atomic E-state index is -1.03. The first-order chi connectivity index (χ1) is 12.4. The van der Waals surface area contributed by atoms with Crippen LogP contribution in [0.2, 0.25) is 0 Å². The molecule has 1 aromatic heterocycles. The number of aromatic nitrogens is 2. The summed E-state index contributed by atoms with van der Waals surface area (Å²) >= 11 is 0. The second-order valence-corrected chi connectivity index (χ2v) is 6.09. The molecule has 1 aliphatic heterocycles. The Morgan fingerprint density at radius 3 is 2.81 bits per heavy atom. The summed E-state index contributed by atoms with van der Waals surface area (Å²) in [6, 6.07) is 1.36. The van der Waals surface area contributed by atoms with Crippen LogP contribution >= 0.6 is 0 Å². The molecule has 2 aromatic rings. The Kier molecular flexibility index (Phi) is 4.79. The lowest BCUT2D eigenvalue weighted by molar-refractivity contribution is -0.122. The van der Waals surface area contributed by atoms with Gasteiger partial charge in [0, 0.05) is 5.56 Å². The van der Waals surface area contributed by atoms with Gasteiger partial charge in [0.1, 0.15) is 6.54 Å². The molecule has 7 nitrogen and oxygen atoms in total. The van der Waals surface area contributed by atoms with Crippen LogP contribution in [0, 0.1) is 18.6 Å². The smallest absolute Gasteiger partial charge is 0.322 e. The van der Waals surface area contributed by atoms with Gasteiger partial charge in [0.2, 0.25) is 5.91 Å². The maximum atomic E-state index is 13.9. The van der Waals surface area contributed by atoms with Gasteiger partial charge in [-0.1, -0.05) is 0 Å². The molecule has 2 N–H and O–H groups in total. The molecule has 3 amide bonds. The predicted molar refractivity (Wildman–Crippen MR) is 89.1 cm³/mol. The number of amides is 3. The number of hydrogen-bond acceptors (Lipinski definition) is 4. The normalized spacial score (nSPS) is 14.5. The lowest BCUT2D eigenvalue weighted by Gasteiger charge is -2.29. The highest BCUT2D eigenvalue weighted by atomic mass is 19.2. The number of fused-ring (bicyclic) bond motifs is 1. The van der Waals surface area contributed by atoms with Crippen LogP contribution in [-0.2, 0) is 11.3 Å². The van der Waals surface area contributed by atoms with Gasteiger partial charge in [0.05, 0.1) is 30.7 Å². The molecule has 0 saturated heterocycles. The maximum absolute atomic E-state index is 13.9. The number of nitrogens with zero attached hydrogens (tertiary/aromatic N) is 3. The molecule has 0 saturated carbocycles. The lowest BCUT2D eigenvalue weighted by Crippen LogP contribution is -2.45. The fraction of sp³-hybridized carbons (Fsp3) is 0.294. The van der Waals surface area contributed by atoms with E-state index in [2.05, 4.69) is 20.8 Å². The van der Waals surface area contributed by atoms with E-state index in [9.17, 15) is 18.4 Å². The van der Waals surface area contributed by atoms with Crippen LogP contribution in [0.3, 0.4) is 0 Å². The Morgan fingerprint density at radius 2 is 2.08 bits per heavy atom. The van der Waals surface area contributed by atoms with Crippen molar-refractivity contribution in [2.75, 3.05) is 11.9 Å². The van der Waals surface area contributed by atoms with E-state index in [0.717, 1.165) is 22.1 Å². The summed E-state index contributed by atoms with van der Waals surface area (Å²) in [4.78, 5) is 25.5. The van der Waals surface area contributed by atoms with Gasteiger partial charge >= 0.3 is 6.03 Å². The fourth-order valence-corrected chi connectivity index (χ4v) is 2.83. The van der Waals surface area contributed by atoms with Crippen molar-refractivity contribution >= 4 is 17.6 Å². The number of urea groups is 1. The zero-order chi connectivity index (χ0) is 18.8. The van der Waals surface area contributed by atoms with Crippen molar-refractivity contribution in [1.82, 2.24) is 20.4 Å². The van der Waals surface area contributed by atoms with E-state index >= 15 is 0 Å². The Labute approximate surface area is 148 Å². The molecule has 9 heteroatoms.